The molecule has 0 aliphatic carbocycles. The zero-order valence-electron chi connectivity index (χ0n) is 46.6. The fourth-order valence-corrected chi connectivity index (χ4v) is 9.77. The lowest BCUT2D eigenvalue weighted by molar-refractivity contribution is -0.143. The first-order valence-electron chi connectivity index (χ1n) is 31.1. The molecule has 0 aromatic rings. The van der Waals surface area contributed by atoms with Gasteiger partial charge in [-0.2, -0.15) is 0 Å². The van der Waals surface area contributed by atoms with Gasteiger partial charge in [0.2, 0.25) is 5.91 Å². The molecule has 0 heterocycles. The van der Waals surface area contributed by atoms with Crippen LogP contribution in [0.2, 0.25) is 0 Å². The van der Waals surface area contributed by atoms with Gasteiger partial charge in [0.25, 0.3) is 0 Å². The summed E-state index contributed by atoms with van der Waals surface area (Å²) >= 11 is 0. The van der Waals surface area contributed by atoms with Crippen molar-refractivity contribution in [1.29, 1.82) is 0 Å². The van der Waals surface area contributed by atoms with Crippen molar-refractivity contribution in [1.82, 2.24) is 5.32 Å². The van der Waals surface area contributed by atoms with E-state index in [1.807, 2.05) is 0 Å². The van der Waals surface area contributed by atoms with Gasteiger partial charge in [0.05, 0.1) is 25.4 Å². The van der Waals surface area contributed by atoms with Crippen molar-refractivity contribution in [3.8, 4) is 0 Å². The Morgan fingerprint density at radius 3 is 1.10 bits per heavy atom. The molecule has 0 spiro atoms. The summed E-state index contributed by atoms with van der Waals surface area (Å²) in [6.07, 6.45) is 72.0. The molecule has 0 saturated carbocycles. The number of allylic oxidation sites excluding steroid dienone is 3. The second-order valence-electron chi connectivity index (χ2n) is 21.4. The van der Waals surface area contributed by atoms with E-state index in [0.717, 1.165) is 51.4 Å². The van der Waals surface area contributed by atoms with E-state index in [9.17, 15) is 19.8 Å². The third-order valence-corrected chi connectivity index (χ3v) is 14.5. The van der Waals surface area contributed by atoms with Gasteiger partial charge in [0, 0.05) is 12.8 Å². The summed E-state index contributed by atoms with van der Waals surface area (Å²) in [5.74, 6) is -0.0690. The van der Waals surface area contributed by atoms with E-state index in [0.29, 0.717) is 25.9 Å². The minimum Gasteiger partial charge on any atom is -0.465 e. The predicted octanol–water partition coefficient (Wildman–Crippen LogP) is 19.4. The second-order valence-corrected chi connectivity index (χ2v) is 21.4. The van der Waals surface area contributed by atoms with E-state index in [-0.39, 0.29) is 18.5 Å². The summed E-state index contributed by atoms with van der Waals surface area (Å²) in [5, 5.41) is 23.2. The number of carbonyl (C=O) groups excluding carboxylic acids is 2. The van der Waals surface area contributed by atoms with Gasteiger partial charge in [0.15, 0.2) is 0 Å². The minimum atomic E-state index is -0.667. The molecule has 408 valence electrons. The summed E-state index contributed by atoms with van der Waals surface area (Å²) in [4.78, 5) is 24.5. The lowest BCUT2D eigenvalue weighted by atomic mass is 10.0. The first-order valence-corrected chi connectivity index (χ1v) is 31.1. The summed E-state index contributed by atoms with van der Waals surface area (Å²) < 4.78 is 5.43. The van der Waals surface area contributed by atoms with Crippen LogP contribution in [-0.4, -0.2) is 47.4 Å². The largest absolute Gasteiger partial charge is 0.465 e. The number of aliphatic hydroxyl groups is 2. The first kappa shape index (κ1) is 67.3. The van der Waals surface area contributed by atoms with Crippen molar-refractivity contribution in [3.63, 3.8) is 0 Å². The summed E-state index contributed by atoms with van der Waals surface area (Å²) in [7, 11) is 0. The van der Waals surface area contributed by atoms with Crippen LogP contribution in [0.1, 0.15) is 341 Å². The number of hydrogen-bond acceptors (Lipinski definition) is 5. The molecule has 6 nitrogen and oxygen atoms in total. The number of amides is 1. The van der Waals surface area contributed by atoms with Crippen LogP contribution >= 0.6 is 0 Å². The van der Waals surface area contributed by atoms with E-state index < -0.39 is 12.1 Å². The number of esters is 1. The molecular formula is C63H121NO5. The van der Waals surface area contributed by atoms with E-state index in [2.05, 4.69) is 43.5 Å². The number of rotatable bonds is 58. The Labute approximate surface area is 431 Å². The van der Waals surface area contributed by atoms with Gasteiger partial charge in [-0.3, -0.25) is 9.59 Å². The highest BCUT2D eigenvalue weighted by molar-refractivity contribution is 5.76. The Balaban J connectivity index is 3.42. The van der Waals surface area contributed by atoms with Crippen LogP contribution < -0.4 is 5.32 Å². The molecule has 0 aliphatic rings. The van der Waals surface area contributed by atoms with E-state index in [1.54, 1.807) is 0 Å². The molecule has 6 heteroatoms. The lowest BCUT2D eigenvalue weighted by Crippen LogP contribution is -2.45. The van der Waals surface area contributed by atoms with Gasteiger partial charge in [-0.1, -0.05) is 308 Å². The van der Waals surface area contributed by atoms with Gasteiger partial charge < -0.3 is 20.3 Å². The summed E-state index contributed by atoms with van der Waals surface area (Å²) in [6, 6.07) is -0.544. The van der Waals surface area contributed by atoms with E-state index >= 15 is 0 Å². The predicted molar refractivity (Wildman–Crippen MR) is 301 cm³/mol. The molecule has 2 unspecified atom stereocenters. The molecule has 0 bridgehead atoms. The zero-order chi connectivity index (χ0) is 50.0. The fourth-order valence-electron chi connectivity index (χ4n) is 9.77. The number of carbonyl (C=O) groups is 2. The van der Waals surface area contributed by atoms with Crippen molar-refractivity contribution in [3.05, 3.63) is 24.3 Å². The van der Waals surface area contributed by atoms with Gasteiger partial charge in [-0.05, 0) is 44.9 Å². The Kier molecular flexibility index (Phi) is 57.5. The lowest BCUT2D eigenvalue weighted by Gasteiger charge is -2.22. The second kappa shape index (κ2) is 58.9. The van der Waals surface area contributed by atoms with Crippen molar-refractivity contribution in [2.45, 2.75) is 353 Å². The van der Waals surface area contributed by atoms with E-state index in [1.165, 1.54) is 257 Å². The molecule has 1 amide bonds. The molecular weight excluding hydrogens is 851 g/mol. The molecule has 2 atom stereocenters. The molecule has 0 radical (unpaired) electrons. The molecule has 0 rings (SSSR count). The normalized spacial score (nSPS) is 12.7. The average Bonchev–Trinajstić information content (AvgIpc) is 3.35. The van der Waals surface area contributed by atoms with E-state index in [4.69, 9.17) is 4.74 Å². The highest BCUT2D eigenvalue weighted by Gasteiger charge is 2.20. The zero-order valence-corrected chi connectivity index (χ0v) is 46.6. The van der Waals surface area contributed by atoms with Crippen molar-refractivity contribution < 1.29 is 24.5 Å². The fraction of sp³-hybridized carbons (Fsp3) is 0.905. The topological polar surface area (TPSA) is 95.9 Å². The molecule has 0 aliphatic heterocycles. The Morgan fingerprint density at radius 1 is 0.406 bits per heavy atom. The standard InChI is InChI=1S/C63H121NO5/c1-3-5-7-9-11-13-15-17-18-19-26-29-33-37-41-45-49-53-57-63(68)69-58-54-50-46-42-38-34-30-27-24-22-20-21-23-25-28-32-36-40-44-48-52-56-62(67)64-60(59-65)61(66)55-51-47-43-39-35-31-16-14-12-10-8-6-4-2/h34,38,46,50,60-61,65-66H,3-33,35-37,39-45,47-49,51-59H2,1-2H3,(H,64,67)/b38-34-,50-46-. The van der Waals surface area contributed by atoms with Crippen LogP contribution in [0.25, 0.3) is 0 Å². The number of aliphatic hydroxyl groups excluding tert-OH is 2. The molecule has 0 fully saturated rings. The summed E-state index contributed by atoms with van der Waals surface area (Å²) in [5.41, 5.74) is 0. The van der Waals surface area contributed by atoms with Crippen LogP contribution in [0.5, 0.6) is 0 Å². The average molecular weight is 973 g/mol. The molecule has 3 N–H and O–H groups in total. The Morgan fingerprint density at radius 2 is 0.725 bits per heavy atom. The highest BCUT2D eigenvalue weighted by atomic mass is 16.5. The number of nitrogens with one attached hydrogen (secondary N) is 1. The third kappa shape index (κ3) is 55.5. The monoisotopic (exact) mass is 972 g/mol. The molecule has 0 aromatic carbocycles. The maximum absolute atomic E-state index is 12.5. The van der Waals surface area contributed by atoms with Gasteiger partial charge in [-0.25, -0.2) is 0 Å². The smallest absolute Gasteiger partial charge is 0.305 e. The van der Waals surface area contributed by atoms with Crippen LogP contribution in [0.15, 0.2) is 24.3 Å². The number of ether oxygens (including phenoxy) is 1. The van der Waals surface area contributed by atoms with Crippen molar-refractivity contribution in [2.75, 3.05) is 13.2 Å². The third-order valence-electron chi connectivity index (χ3n) is 14.5. The highest BCUT2D eigenvalue weighted by Crippen LogP contribution is 2.18. The van der Waals surface area contributed by atoms with Crippen LogP contribution in [-0.2, 0) is 14.3 Å². The Bertz CT molecular complexity index is 1080. The molecule has 69 heavy (non-hydrogen) atoms. The van der Waals surface area contributed by atoms with Gasteiger partial charge in [-0.15, -0.1) is 0 Å². The number of unbranched alkanes of at least 4 members (excludes halogenated alkanes) is 43. The number of hydrogen-bond donors (Lipinski definition) is 3. The quantitative estimate of drug-likeness (QED) is 0.0321. The van der Waals surface area contributed by atoms with Crippen LogP contribution in [0, 0.1) is 0 Å². The SMILES string of the molecule is CCCCCCCCCCCCCCCCCCCCC(=O)OCC/C=C\C/C=C\CCCCCCCCCCCCCCCCC(=O)NC(CO)C(O)CCCCCCCCCCCCCCC. The minimum absolute atomic E-state index is 0.0304. The first-order chi connectivity index (χ1) is 34.0. The van der Waals surface area contributed by atoms with Crippen LogP contribution in [0.4, 0.5) is 0 Å². The van der Waals surface area contributed by atoms with Gasteiger partial charge >= 0.3 is 5.97 Å². The van der Waals surface area contributed by atoms with Crippen molar-refractivity contribution >= 4 is 11.9 Å². The summed E-state index contributed by atoms with van der Waals surface area (Å²) in [6.45, 7) is 4.86. The molecule has 0 aromatic heterocycles. The molecule has 0 saturated heterocycles. The van der Waals surface area contributed by atoms with Crippen LogP contribution in [0.3, 0.4) is 0 Å². The van der Waals surface area contributed by atoms with Crippen molar-refractivity contribution in [2.24, 2.45) is 0 Å². The maximum atomic E-state index is 12.5. The maximum Gasteiger partial charge on any atom is 0.305 e. The van der Waals surface area contributed by atoms with Gasteiger partial charge in [0.1, 0.15) is 0 Å². The Hall–Kier alpha value is -1.66.